The van der Waals surface area contributed by atoms with Gasteiger partial charge in [-0.15, -0.1) is 0 Å². The van der Waals surface area contributed by atoms with Gasteiger partial charge < -0.3 is 5.32 Å². The van der Waals surface area contributed by atoms with Crippen LogP contribution in [0.4, 0.5) is 18.9 Å². The molecule has 1 N–H and O–H groups in total. The van der Waals surface area contributed by atoms with Gasteiger partial charge in [0, 0.05) is 11.8 Å². The quantitative estimate of drug-likeness (QED) is 0.836. The van der Waals surface area contributed by atoms with Crippen LogP contribution in [0.15, 0.2) is 59.5 Å². The monoisotopic (exact) mass is 355 g/mol. The van der Waals surface area contributed by atoms with Crippen molar-refractivity contribution < 1.29 is 26.4 Å². The Morgan fingerprint density at radius 2 is 1.75 bits per heavy atom. The van der Waals surface area contributed by atoms with Gasteiger partial charge in [-0.05, 0) is 48.0 Å². The minimum Gasteiger partial charge on any atom is -0.323 e. The molecule has 0 bridgehead atoms. The summed E-state index contributed by atoms with van der Waals surface area (Å²) in [5.74, 6) is -4.48. The largest absolute Gasteiger partial charge is 0.341 e. The van der Waals surface area contributed by atoms with Crippen LogP contribution in [0.1, 0.15) is 5.56 Å². The first kappa shape index (κ1) is 17.7. The van der Waals surface area contributed by atoms with Crippen LogP contribution >= 0.6 is 0 Å². The predicted molar refractivity (Wildman–Crippen MR) is 83.7 cm³/mol. The number of alkyl halides is 2. The maximum absolute atomic E-state index is 13.0. The molecule has 24 heavy (non-hydrogen) atoms. The van der Waals surface area contributed by atoms with Gasteiger partial charge >= 0.3 is 5.76 Å². The number of anilines is 1. The van der Waals surface area contributed by atoms with Crippen LogP contribution in [0.2, 0.25) is 0 Å². The molecule has 2 aromatic rings. The Balaban J connectivity index is 2.05. The molecule has 126 valence electrons. The Morgan fingerprint density at radius 3 is 2.33 bits per heavy atom. The van der Waals surface area contributed by atoms with Gasteiger partial charge in [0.1, 0.15) is 5.82 Å². The SMILES string of the molecule is O=C(/C=C/c1cccc(F)c1)Nc1ccc(S(=O)(=O)C(F)F)cc1. The molecule has 8 heteroatoms. The molecule has 0 radical (unpaired) electrons. The summed E-state index contributed by atoms with van der Waals surface area (Å²) >= 11 is 0. The molecular weight excluding hydrogens is 343 g/mol. The number of carbonyl (C=O) groups is 1. The zero-order chi connectivity index (χ0) is 17.7. The van der Waals surface area contributed by atoms with Crippen molar-refractivity contribution in [2.45, 2.75) is 10.7 Å². The number of amides is 1. The van der Waals surface area contributed by atoms with Crippen molar-refractivity contribution in [2.24, 2.45) is 0 Å². The second-order valence-corrected chi connectivity index (χ2v) is 6.63. The maximum Gasteiger partial charge on any atom is 0.341 e. The molecule has 0 aliphatic carbocycles. The molecule has 0 spiro atoms. The number of hydrogen-bond donors (Lipinski definition) is 1. The van der Waals surface area contributed by atoms with Crippen molar-refractivity contribution in [3.63, 3.8) is 0 Å². The molecule has 2 rings (SSSR count). The number of sulfone groups is 1. The highest BCUT2D eigenvalue weighted by atomic mass is 32.2. The fourth-order valence-corrected chi connectivity index (χ4v) is 2.52. The van der Waals surface area contributed by atoms with E-state index in [1.54, 1.807) is 6.07 Å². The van der Waals surface area contributed by atoms with Gasteiger partial charge in [0.15, 0.2) is 0 Å². The van der Waals surface area contributed by atoms with Gasteiger partial charge in [-0.25, -0.2) is 12.8 Å². The van der Waals surface area contributed by atoms with Crippen molar-refractivity contribution in [3.8, 4) is 0 Å². The Morgan fingerprint density at radius 1 is 1.08 bits per heavy atom. The first-order valence-corrected chi connectivity index (χ1v) is 8.20. The normalized spacial score (nSPS) is 11.8. The van der Waals surface area contributed by atoms with Gasteiger partial charge in [0.05, 0.1) is 4.90 Å². The summed E-state index contributed by atoms with van der Waals surface area (Å²) < 4.78 is 60.3. The molecule has 0 saturated carbocycles. The highest BCUT2D eigenvalue weighted by Gasteiger charge is 2.26. The van der Waals surface area contributed by atoms with E-state index in [1.807, 2.05) is 0 Å². The van der Waals surface area contributed by atoms with Gasteiger partial charge in [-0.1, -0.05) is 12.1 Å². The van der Waals surface area contributed by atoms with Gasteiger partial charge in [0.25, 0.3) is 0 Å². The molecule has 4 nitrogen and oxygen atoms in total. The average Bonchev–Trinajstić information content (AvgIpc) is 2.53. The van der Waals surface area contributed by atoms with E-state index in [4.69, 9.17) is 0 Å². The summed E-state index contributed by atoms with van der Waals surface area (Å²) in [5, 5.41) is 2.43. The molecule has 0 fully saturated rings. The lowest BCUT2D eigenvalue weighted by Crippen LogP contribution is -2.12. The third-order valence-corrected chi connectivity index (χ3v) is 4.36. The fourth-order valence-electron chi connectivity index (χ4n) is 1.80. The standard InChI is InChI=1S/C16H12F3NO3S/c17-12-3-1-2-11(10-12)4-9-15(21)20-13-5-7-14(8-6-13)24(22,23)16(18)19/h1-10,16H,(H,20,21)/b9-4+. The van der Waals surface area contributed by atoms with Crippen LogP contribution in [0.5, 0.6) is 0 Å². The molecule has 0 unspecified atom stereocenters. The number of nitrogens with one attached hydrogen (secondary N) is 1. The Labute approximate surface area is 136 Å². The third kappa shape index (κ3) is 4.45. The van der Waals surface area contributed by atoms with Gasteiger partial charge in [-0.2, -0.15) is 8.78 Å². The van der Waals surface area contributed by atoms with Crippen LogP contribution in [-0.4, -0.2) is 20.1 Å². The molecule has 0 saturated heterocycles. The third-order valence-electron chi connectivity index (χ3n) is 2.96. The van der Waals surface area contributed by atoms with Crippen LogP contribution in [0.25, 0.3) is 6.08 Å². The molecule has 2 aromatic carbocycles. The predicted octanol–water partition coefficient (Wildman–Crippen LogP) is 3.47. The highest BCUT2D eigenvalue weighted by molar-refractivity contribution is 7.91. The van der Waals surface area contributed by atoms with Crippen molar-refractivity contribution in [2.75, 3.05) is 5.32 Å². The first-order chi connectivity index (χ1) is 11.3. The van der Waals surface area contributed by atoms with Crippen LogP contribution in [0, 0.1) is 5.82 Å². The zero-order valence-corrected chi connectivity index (χ0v) is 12.9. The van der Waals surface area contributed by atoms with E-state index in [2.05, 4.69) is 5.32 Å². The van der Waals surface area contributed by atoms with Gasteiger partial charge in [0.2, 0.25) is 15.7 Å². The summed E-state index contributed by atoms with van der Waals surface area (Å²) in [5.41, 5.74) is 0.723. The highest BCUT2D eigenvalue weighted by Crippen LogP contribution is 2.20. The number of carbonyl (C=O) groups excluding carboxylic acids is 1. The summed E-state index contributed by atoms with van der Waals surface area (Å²) in [6.45, 7) is 0. The van der Waals surface area contributed by atoms with E-state index in [9.17, 15) is 26.4 Å². The molecule has 0 heterocycles. The van der Waals surface area contributed by atoms with Crippen LogP contribution in [-0.2, 0) is 14.6 Å². The van der Waals surface area contributed by atoms with Crippen LogP contribution < -0.4 is 5.32 Å². The minimum atomic E-state index is -4.67. The van der Waals surface area contributed by atoms with E-state index in [0.717, 1.165) is 12.1 Å². The molecular formula is C16H12F3NO3S. The first-order valence-electron chi connectivity index (χ1n) is 6.66. The number of rotatable bonds is 5. The van der Waals surface area contributed by atoms with E-state index in [0.29, 0.717) is 5.56 Å². The Hall–Kier alpha value is -2.61. The van der Waals surface area contributed by atoms with Crippen molar-refractivity contribution >= 4 is 27.5 Å². The second-order valence-electron chi connectivity index (χ2n) is 4.71. The molecule has 0 aliphatic heterocycles. The summed E-state index contributed by atoms with van der Waals surface area (Å²) in [6.07, 6.45) is 2.56. The fraction of sp³-hybridized carbons (Fsp3) is 0.0625. The molecule has 0 atom stereocenters. The summed E-state index contributed by atoms with van der Waals surface area (Å²) in [4.78, 5) is 11.2. The van der Waals surface area contributed by atoms with Crippen molar-refractivity contribution in [1.82, 2.24) is 0 Å². The lowest BCUT2D eigenvalue weighted by Gasteiger charge is -2.05. The lowest BCUT2D eigenvalue weighted by atomic mass is 10.2. The van der Waals surface area contributed by atoms with Crippen LogP contribution in [0.3, 0.4) is 0 Å². The van der Waals surface area contributed by atoms with E-state index in [1.165, 1.54) is 42.5 Å². The smallest absolute Gasteiger partial charge is 0.323 e. The van der Waals surface area contributed by atoms with E-state index < -0.39 is 32.2 Å². The Kier molecular flexibility index (Phi) is 5.40. The molecule has 0 aromatic heterocycles. The van der Waals surface area contributed by atoms with E-state index in [-0.39, 0.29) is 5.69 Å². The zero-order valence-electron chi connectivity index (χ0n) is 12.1. The number of hydrogen-bond acceptors (Lipinski definition) is 3. The molecule has 0 aliphatic rings. The molecule has 1 amide bonds. The number of halogens is 3. The summed E-state index contributed by atoms with van der Waals surface area (Å²) in [7, 11) is -4.67. The average molecular weight is 355 g/mol. The van der Waals surface area contributed by atoms with Crippen molar-refractivity contribution in [1.29, 1.82) is 0 Å². The summed E-state index contributed by atoms with van der Waals surface area (Å²) in [6, 6.07) is 9.97. The van der Waals surface area contributed by atoms with Gasteiger partial charge in [-0.3, -0.25) is 4.79 Å². The number of benzene rings is 2. The minimum absolute atomic E-state index is 0.233. The maximum atomic E-state index is 13.0. The topological polar surface area (TPSA) is 63.2 Å². The lowest BCUT2D eigenvalue weighted by molar-refractivity contribution is -0.111. The second kappa shape index (κ2) is 7.31. The van der Waals surface area contributed by atoms with E-state index >= 15 is 0 Å². The Bertz CT molecular complexity index is 862. The van der Waals surface area contributed by atoms with Crippen molar-refractivity contribution in [3.05, 3.63) is 66.0 Å².